The molecule has 1 saturated carbocycles. The second-order valence-corrected chi connectivity index (χ2v) is 6.16. The van der Waals surface area contributed by atoms with Gasteiger partial charge < -0.3 is 19.8 Å². The molecule has 24 heavy (non-hydrogen) atoms. The highest BCUT2D eigenvalue weighted by atomic mass is 16.7. The lowest BCUT2D eigenvalue weighted by Gasteiger charge is -2.35. The first kappa shape index (κ1) is 14.7. The Bertz CT molecular complexity index is 855. The van der Waals surface area contributed by atoms with Gasteiger partial charge in [-0.1, -0.05) is 0 Å². The van der Waals surface area contributed by atoms with Crippen molar-refractivity contribution in [2.75, 3.05) is 6.79 Å². The Morgan fingerprint density at radius 3 is 2.83 bits per heavy atom. The van der Waals surface area contributed by atoms with Crippen LogP contribution in [-0.2, 0) is 0 Å². The number of carbonyl (C=O) groups excluding carboxylic acids is 1. The fraction of sp³-hybridized carbons (Fsp3) is 0.353. The van der Waals surface area contributed by atoms with Gasteiger partial charge in [0, 0.05) is 23.6 Å². The zero-order valence-corrected chi connectivity index (χ0v) is 13.2. The number of hydrogen-bond donors (Lipinski definition) is 2. The predicted molar refractivity (Wildman–Crippen MR) is 85.4 cm³/mol. The molecule has 1 amide bonds. The molecule has 0 saturated heterocycles. The van der Waals surface area contributed by atoms with Crippen LogP contribution in [0.4, 0.5) is 0 Å². The van der Waals surface area contributed by atoms with E-state index >= 15 is 0 Å². The van der Waals surface area contributed by atoms with E-state index in [9.17, 15) is 9.59 Å². The molecular formula is C17H17N3O4. The Morgan fingerprint density at radius 1 is 1.25 bits per heavy atom. The van der Waals surface area contributed by atoms with E-state index < -0.39 is 0 Å². The van der Waals surface area contributed by atoms with Crippen LogP contribution in [-0.4, -0.2) is 28.7 Å². The number of benzene rings is 1. The lowest BCUT2D eigenvalue weighted by molar-refractivity contribution is 0.0907. The number of carbonyl (C=O) groups is 1. The zero-order valence-electron chi connectivity index (χ0n) is 13.2. The number of nitrogens with zero attached hydrogens (tertiary/aromatic N) is 1. The monoisotopic (exact) mass is 327 g/mol. The molecule has 1 aromatic heterocycles. The summed E-state index contributed by atoms with van der Waals surface area (Å²) in [4.78, 5) is 30.8. The summed E-state index contributed by atoms with van der Waals surface area (Å²) in [6, 6.07) is 6.78. The van der Waals surface area contributed by atoms with E-state index in [1.54, 1.807) is 25.1 Å². The summed E-state index contributed by atoms with van der Waals surface area (Å²) in [5.41, 5.74) is 1.21. The number of aromatic nitrogens is 2. The van der Waals surface area contributed by atoms with Gasteiger partial charge in [-0.05, 0) is 38.0 Å². The number of ether oxygens (including phenoxy) is 2. The number of hydrogen-bond acceptors (Lipinski definition) is 5. The van der Waals surface area contributed by atoms with Crippen molar-refractivity contribution in [3.05, 3.63) is 51.7 Å². The van der Waals surface area contributed by atoms with Gasteiger partial charge in [-0.15, -0.1) is 0 Å². The van der Waals surface area contributed by atoms with Gasteiger partial charge in [0.2, 0.25) is 6.79 Å². The van der Waals surface area contributed by atoms with Gasteiger partial charge in [0.1, 0.15) is 5.82 Å². The third-order valence-electron chi connectivity index (χ3n) is 4.41. The minimum Gasteiger partial charge on any atom is -0.454 e. The van der Waals surface area contributed by atoms with Gasteiger partial charge in [-0.2, -0.15) is 0 Å². The largest absolute Gasteiger partial charge is 0.454 e. The van der Waals surface area contributed by atoms with Crippen LogP contribution in [0.2, 0.25) is 0 Å². The molecule has 1 aromatic carbocycles. The molecule has 124 valence electrons. The fourth-order valence-corrected chi connectivity index (χ4v) is 3.10. The first-order chi connectivity index (χ1) is 11.6. The molecule has 0 unspecified atom stereocenters. The van der Waals surface area contributed by atoms with Crippen LogP contribution in [0.5, 0.6) is 11.5 Å². The molecule has 0 bridgehead atoms. The molecule has 2 N–H and O–H groups in total. The molecule has 1 aliphatic carbocycles. The van der Waals surface area contributed by atoms with Crippen LogP contribution >= 0.6 is 0 Å². The molecule has 7 heteroatoms. The second-order valence-electron chi connectivity index (χ2n) is 6.16. The van der Waals surface area contributed by atoms with Gasteiger partial charge in [0.25, 0.3) is 11.5 Å². The molecule has 1 aliphatic heterocycles. The van der Waals surface area contributed by atoms with Gasteiger partial charge in [0.15, 0.2) is 11.5 Å². The van der Waals surface area contributed by atoms with Gasteiger partial charge in [-0.25, -0.2) is 4.98 Å². The molecule has 7 nitrogen and oxygen atoms in total. The van der Waals surface area contributed by atoms with Crippen molar-refractivity contribution in [1.29, 1.82) is 0 Å². The van der Waals surface area contributed by atoms with Crippen molar-refractivity contribution < 1.29 is 14.3 Å². The lowest BCUT2D eigenvalue weighted by Crippen LogP contribution is -2.43. The summed E-state index contributed by atoms with van der Waals surface area (Å²) in [6.45, 7) is 1.95. The highest BCUT2D eigenvalue weighted by molar-refractivity contribution is 5.95. The van der Waals surface area contributed by atoms with E-state index in [4.69, 9.17) is 9.47 Å². The van der Waals surface area contributed by atoms with Crippen LogP contribution in [0.1, 0.15) is 40.6 Å². The van der Waals surface area contributed by atoms with Crippen LogP contribution in [0.15, 0.2) is 29.1 Å². The Kier molecular flexibility index (Phi) is 3.48. The highest BCUT2D eigenvalue weighted by Crippen LogP contribution is 2.36. The maximum absolute atomic E-state index is 12.3. The molecule has 0 atom stereocenters. The summed E-state index contributed by atoms with van der Waals surface area (Å²) in [6.07, 6.45) is 1.57. The topological polar surface area (TPSA) is 93.3 Å². The Morgan fingerprint density at radius 2 is 2.04 bits per heavy atom. The minimum absolute atomic E-state index is 0.0920. The zero-order chi connectivity index (χ0) is 16.7. The smallest absolute Gasteiger partial charge is 0.251 e. The standard InChI is InChI=1S/C17H17N3O4/c1-9-18-13(7-16(21)19-9)11-4-12(5-11)20-17(22)10-2-3-14-15(6-10)24-8-23-14/h2-3,6-7,11-12H,4-5,8H2,1H3,(H,20,22)(H,18,19,21). The first-order valence-electron chi connectivity index (χ1n) is 7.87. The van der Waals surface area contributed by atoms with E-state index in [0.29, 0.717) is 22.9 Å². The van der Waals surface area contributed by atoms with Gasteiger partial charge >= 0.3 is 0 Å². The molecule has 0 spiro atoms. The van der Waals surface area contributed by atoms with Crippen molar-refractivity contribution >= 4 is 5.91 Å². The molecule has 0 radical (unpaired) electrons. The summed E-state index contributed by atoms with van der Waals surface area (Å²) >= 11 is 0. The lowest BCUT2D eigenvalue weighted by atomic mass is 9.78. The number of aryl methyl sites for hydroxylation is 1. The first-order valence-corrected chi connectivity index (χ1v) is 7.87. The number of rotatable bonds is 3. The third-order valence-corrected chi connectivity index (χ3v) is 4.41. The van der Waals surface area contributed by atoms with Crippen molar-refractivity contribution in [2.24, 2.45) is 0 Å². The van der Waals surface area contributed by atoms with Gasteiger partial charge in [-0.3, -0.25) is 9.59 Å². The van der Waals surface area contributed by atoms with Crippen LogP contribution in [0, 0.1) is 6.92 Å². The summed E-state index contributed by atoms with van der Waals surface area (Å²) in [5.74, 6) is 1.95. The molecule has 2 aromatic rings. The Labute approximate surface area is 138 Å². The average molecular weight is 327 g/mol. The molecular weight excluding hydrogens is 310 g/mol. The molecule has 2 aliphatic rings. The SMILES string of the molecule is Cc1nc(C2CC(NC(=O)c3ccc4c(c3)OCO4)C2)cc(=O)[nH]1. The number of aromatic amines is 1. The fourth-order valence-electron chi connectivity index (χ4n) is 3.10. The number of amides is 1. The van der Waals surface area contributed by atoms with Crippen LogP contribution in [0.25, 0.3) is 0 Å². The third kappa shape index (κ3) is 2.73. The maximum Gasteiger partial charge on any atom is 0.251 e. The van der Waals surface area contributed by atoms with E-state index in [1.165, 1.54) is 6.07 Å². The Balaban J connectivity index is 1.38. The predicted octanol–water partition coefficient (Wildman–Crippen LogP) is 1.48. The number of nitrogens with one attached hydrogen (secondary N) is 2. The maximum atomic E-state index is 12.3. The summed E-state index contributed by atoms with van der Waals surface area (Å²) in [7, 11) is 0. The quantitative estimate of drug-likeness (QED) is 0.891. The van der Waals surface area contributed by atoms with Crippen molar-refractivity contribution in [3.8, 4) is 11.5 Å². The summed E-state index contributed by atoms with van der Waals surface area (Å²) in [5, 5.41) is 3.00. The van der Waals surface area contributed by atoms with E-state index in [1.807, 2.05) is 0 Å². The Hall–Kier alpha value is -2.83. The summed E-state index contributed by atoms with van der Waals surface area (Å²) < 4.78 is 10.5. The second kappa shape index (κ2) is 5.67. The minimum atomic E-state index is -0.134. The number of H-pyrrole nitrogens is 1. The molecule has 4 rings (SSSR count). The van der Waals surface area contributed by atoms with E-state index in [0.717, 1.165) is 18.5 Å². The normalized spacial score (nSPS) is 21.2. The van der Waals surface area contributed by atoms with Crippen molar-refractivity contribution in [2.45, 2.75) is 31.7 Å². The van der Waals surface area contributed by atoms with Gasteiger partial charge in [0.05, 0.1) is 5.69 Å². The van der Waals surface area contributed by atoms with E-state index in [2.05, 4.69) is 15.3 Å². The number of fused-ring (bicyclic) bond motifs is 1. The average Bonchev–Trinajstić information content (AvgIpc) is 2.96. The molecule has 2 heterocycles. The molecule has 1 fully saturated rings. The van der Waals surface area contributed by atoms with Crippen LogP contribution < -0.4 is 20.3 Å². The van der Waals surface area contributed by atoms with Crippen LogP contribution in [0.3, 0.4) is 0 Å². The van der Waals surface area contributed by atoms with E-state index in [-0.39, 0.29) is 30.2 Å². The van der Waals surface area contributed by atoms with Crippen molar-refractivity contribution in [3.63, 3.8) is 0 Å². The van der Waals surface area contributed by atoms with Crippen molar-refractivity contribution in [1.82, 2.24) is 15.3 Å². The highest BCUT2D eigenvalue weighted by Gasteiger charge is 2.33.